The van der Waals surface area contributed by atoms with E-state index in [9.17, 15) is 14.4 Å². The fourth-order valence-electron chi connectivity index (χ4n) is 4.51. The molecule has 3 amide bonds. The molecule has 4 atom stereocenters. The summed E-state index contributed by atoms with van der Waals surface area (Å²) in [5.41, 5.74) is 1.91. The number of fused-ring (bicyclic) bond motifs is 5. The molecule has 2 aliphatic carbocycles. The van der Waals surface area contributed by atoms with Crippen molar-refractivity contribution in [1.29, 1.82) is 0 Å². The van der Waals surface area contributed by atoms with Crippen molar-refractivity contribution < 1.29 is 14.4 Å². The Labute approximate surface area is 147 Å². The first-order valence-corrected chi connectivity index (χ1v) is 9.01. The van der Waals surface area contributed by atoms with Crippen LogP contribution in [-0.4, -0.2) is 29.2 Å². The van der Waals surface area contributed by atoms with Gasteiger partial charge in [-0.1, -0.05) is 37.6 Å². The molecule has 1 heterocycles. The number of anilines is 1. The molecule has 0 spiro atoms. The van der Waals surface area contributed by atoms with Crippen molar-refractivity contribution in [3.05, 3.63) is 42.0 Å². The Morgan fingerprint density at radius 1 is 1.08 bits per heavy atom. The van der Waals surface area contributed by atoms with E-state index in [-0.39, 0.29) is 47.9 Å². The third-order valence-corrected chi connectivity index (χ3v) is 5.64. The van der Waals surface area contributed by atoms with Gasteiger partial charge in [0, 0.05) is 5.69 Å². The summed E-state index contributed by atoms with van der Waals surface area (Å²) in [4.78, 5) is 38.6. The number of nitrogens with zero attached hydrogens (tertiary/aromatic N) is 1. The first kappa shape index (κ1) is 16.1. The molecule has 4 rings (SSSR count). The number of carbonyl (C=O) groups is 3. The van der Waals surface area contributed by atoms with Crippen LogP contribution in [0.1, 0.15) is 25.3 Å². The minimum Gasteiger partial charge on any atom is -0.325 e. The summed E-state index contributed by atoms with van der Waals surface area (Å²) >= 11 is 0. The summed E-state index contributed by atoms with van der Waals surface area (Å²) in [5.74, 6) is -0.839. The highest BCUT2D eigenvalue weighted by molar-refractivity contribution is 6.09. The molecule has 0 radical (unpaired) electrons. The molecule has 2 bridgehead atoms. The number of aryl methyl sites for hydroxylation is 1. The quantitative estimate of drug-likeness (QED) is 0.662. The van der Waals surface area contributed by atoms with Gasteiger partial charge in [-0.15, -0.1) is 0 Å². The molecule has 5 heteroatoms. The third kappa shape index (κ3) is 2.68. The number of amides is 3. The summed E-state index contributed by atoms with van der Waals surface area (Å²) < 4.78 is 0. The number of hydrogen-bond donors (Lipinski definition) is 1. The van der Waals surface area contributed by atoms with Crippen LogP contribution in [0.3, 0.4) is 0 Å². The fourth-order valence-corrected chi connectivity index (χ4v) is 4.51. The van der Waals surface area contributed by atoms with Crippen molar-refractivity contribution >= 4 is 23.4 Å². The fraction of sp³-hybridized carbons (Fsp3) is 0.450. The molecule has 1 aromatic rings. The number of carbonyl (C=O) groups excluding carboxylic acids is 3. The van der Waals surface area contributed by atoms with Crippen LogP contribution in [-0.2, 0) is 20.8 Å². The molecule has 3 aliphatic rings. The number of rotatable bonds is 5. The van der Waals surface area contributed by atoms with Crippen LogP contribution in [0.4, 0.5) is 5.69 Å². The SMILES string of the molecule is CCCc1ccc(NC(=O)CN2C(=O)C3C4C=CC(C4)C3C2=O)cc1. The summed E-state index contributed by atoms with van der Waals surface area (Å²) in [6.45, 7) is 1.93. The number of likely N-dealkylation sites (tertiary alicyclic amines) is 1. The zero-order chi connectivity index (χ0) is 17.6. The van der Waals surface area contributed by atoms with Gasteiger partial charge in [0.1, 0.15) is 6.54 Å². The molecule has 130 valence electrons. The predicted molar refractivity (Wildman–Crippen MR) is 93.5 cm³/mol. The lowest BCUT2D eigenvalue weighted by molar-refractivity contribution is -0.143. The van der Waals surface area contributed by atoms with Crippen molar-refractivity contribution in [1.82, 2.24) is 4.90 Å². The molecule has 1 saturated heterocycles. The lowest BCUT2D eigenvalue weighted by atomic mass is 9.85. The van der Waals surface area contributed by atoms with Crippen LogP contribution < -0.4 is 5.32 Å². The van der Waals surface area contributed by atoms with E-state index in [0.717, 1.165) is 24.2 Å². The van der Waals surface area contributed by atoms with Gasteiger partial charge in [0.2, 0.25) is 17.7 Å². The van der Waals surface area contributed by atoms with Crippen molar-refractivity contribution in [2.45, 2.75) is 26.2 Å². The molecular formula is C20H22N2O3. The van der Waals surface area contributed by atoms with Crippen LogP contribution in [0, 0.1) is 23.7 Å². The van der Waals surface area contributed by atoms with Crippen molar-refractivity contribution in [2.75, 3.05) is 11.9 Å². The molecule has 1 aliphatic heterocycles. The van der Waals surface area contributed by atoms with Crippen LogP contribution in [0.25, 0.3) is 0 Å². The monoisotopic (exact) mass is 338 g/mol. The lowest BCUT2D eigenvalue weighted by Crippen LogP contribution is -2.39. The highest BCUT2D eigenvalue weighted by Gasteiger charge is 2.59. The summed E-state index contributed by atoms with van der Waals surface area (Å²) in [7, 11) is 0. The Kier molecular flexibility index (Phi) is 3.94. The van der Waals surface area contributed by atoms with Crippen LogP contribution in [0.15, 0.2) is 36.4 Å². The zero-order valence-electron chi connectivity index (χ0n) is 14.3. The first-order valence-electron chi connectivity index (χ1n) is 9.01. The molecule has 1 aromatic carbocycles. The van der Waals surface area contributed by atoms with Crippen molar-refractivity contribution in [2.24, 2.45) is 23.7 Å². The summed E-state index contributed by atoms with van der Waals surface area (Å²) in [6, 6.07) is 7.68. The van der Waals surface area contributed by atoms with Crippen LogP contribution in [0.5, 0.6) is 0 Å². The maximum absolute atomic E-state index is 12.6. The van der Waals surface area contributed by atoms with Gasteiger partial charge in [-0.05, 0) is 42.4 Å². The highest BCUT2D eigenvalue weighted by atomic mass is 16.2. The number of benzene rings is 1. The van der Waals surface area contributed by atoms with Gasteiger partial charge in [0.25, 0.3) is 0 Å². The second-order valence-electron chi connectivity index (χ2n) is 7.26. The van der Waals surface area contributed by atoms with Gasteiger partial charge in [0.05, 0.1) is 11.8 Å². The Morgan fingerprint density at radius 2 is 1.68 bits per heavy atom. The Hall–Kier alpha value is -2.43. The average Bonchev–Trinajstić information content (AvgIpc) is 3.27. The standard InChI is InChI=1S/C20H22N2O3/c1-2-3-12-4-8-15(9-5-12)21-16(23)11-22-19(24)17-13-6-7-14(10-13)18(17)20(22)25/h4-9,13-14,17-18H,2-3,10-11H2,1H3,(H,21,23). The van der Waals surface area contributed by atoms with E-state index < -0.39 is 0 Å². The van der Waals surface area contributed by atoms with Crippen molar-refractivity contribution in [3.63, 3.8) is 0 Å². The average molecular weight is 338 g/mol. The Bertz CT molecular complexity index is 723. The Morgan fingerprint density at radius 3 is 2.24 bits per heavy atom. The number of nitrogens with one attached hydrogen (secondary N) is 1. The zero-order valence-corrected chi connectivity index (χ0v) is 14.3. The van der Waals surface area contributed by atoms with Crippen LogP contribution in [0.2, 0.25) is 0 Å². The van der Waals surface area contributed by atoms with E-state index in [4.69, 9.17) is 0 Å². The molecule has 0 aromatic heterocycles. The largest absolute Gasteiger partial charge is 0.325 e. The van der Waals surface area contributed by atoms with E-state index in [0.29, 0.717) is 5.69 Å². The van der Waals surface area contributed by atoms with Gasteiger partial charge in [-0.25, -0.2) is 0 Å². The number of imide groups is 1. The van der Waals surface area contributed by atoms with Gasteiger partial charge in [-0.3, -0.25) is 19.3 Å². The first-order chi connectivity index (χ1) is 12.1. The smallest absolute Gasteiger partial charge is 0.244 e. The van der Waals surface area contributed by atoms with E-state index in [2.05, 4.69) is 24.4 Å². The lowest BCUT2D eigenvalue weighted by Gasteiger charge is -2.16. The van der Waals surface area contributed by atoms with E-state index >= 15 is 0 Å². The molecule has 5 nitrogen and oxygen atoms in total. The van der Waals surface area contributed by atoms with Crippen molar-refractivity contribution in [3.8, 4) is 0 Å². The van der Waals surface area contributed by atoms with Gasteiger partial charge in [0.15, 0.2) is 0 Å². The molecule has 1 N–H and O–H groups in total. The second-order valence-corrected chi connectivity index (χ2v) is 7.26. The van der Waals surface area contributed by atoms with Gasteiger partial charge >= 0.3 is 0 Å². The number of allylic oxidation sites excluding steroid dienone is 2. The molecule has 4 unspecified atom stereocenters. The molecule has 1 saturated carbocycles. The predicted octanol–water partition coefficient (Wildman–Crippen LogP) is 2.38. The maximum atomic E-state index is 12.6. The second kappa shape index (κ2) is 6.14. The summed E-state index contributed by atoms with van der Waals surface area (Å²) in [5, 5.41) is 2.78. The van der Waals surface area contributed by atoms with E-state index in [1.165, 1.54) is 5.56 Å². The molecule has 25 heavy (non-hydrogen) atoms. The maximum Gasteiger partial charge on any atom is 0.244 e. The van der Waals surface area contributed by atoms with E-state index in [1.54, 1.807) is 0 Å². The van der Waals surface area contributed by atoms with Gasteiger partial charge in [-0.2, -0.15) is 0 Å². The normalized spacial score (nSPS) is 29.4. The number of hydrogen-bond acceptors (Lipinski definition) is 3. The molecular weight excluding hydrogens is 316 g/mol. The minimum absolute atomic E-state index is 0.172. The van der Waals surface area contributed by atoms with E-state index in [1.807, 2.05) is 24.3 Å². The topological polar surface area (TPSA) is 66.5 Å². The Balaban J connectivity index is 1.40. The third-order valence-electron chi connectivity index (χ3n) is 5.64. The highest BCUT2D eigenvalue weighted by Crippen LogP contribution is 2.52. The minimum atomic E-state index is -0.328. The summed E-state index contributed by atoms with van der Waals surface area (Å²) in [6.07, 6.45) is 7.09. The van der Waals surface area contributed by atoms with Crippen LogP contribution >= 0.6 is 0 Å². The molecule has 2 fully saturated rings. The van der Waals surface area contributed by atoms with Gasteiger partial charge < -0.3 is 5.32 Å².